The van der Waals surface area contributed by atoms with Crippen LogP contribution in [0.4, 0.5) is 0 Å². The molecule has 0 saturated carbocycles. The summed E-state index contributed by atoms with van der Waals surface area (Å²) in [5.41, 5.74) is 1.42. The van der Waals surface area contributed by atoms with Crippen molar-refractivity contribution in [1.29, 1.82) is 0 Å². The predicted molar refractivity (Wildman–Crippen MR) is 76.9 cm³/mol. The lowest BCUT2D eigenvalue weighted by molar-refractivity contribution is 0.0600. The minimum absolute atomic E-state index is 0.175. The molecule has 2 aromatic rings. The Balaban J connectivity index is 2.44. The Morgan fingerprint density at radius 1 is 1.25 bits per heavy atom. The Morgan fingerprint density at radius 3 is 2.55 bits per heavy atom. The van der Waals surface area contributed by atoms with Gasteiger partial charge in [-0.1, -0.05) is 0 Å². The van der Waals surface area contributed by atoms with Gasteiger partial charge in [0.15, 0.2) is 0 Å². The average molecular weight is 274 g/mol. The van der Waals surface area contributed by atoms with Gasteiger partial charge in [0, 0.05) is 22.6 Å². The molecule has 5 heteroatoms. The predicted octanol–water partition coefficient (Wildman–Crippen LogP) is 2.48. The van der Waals surface area contributed by atoms with E-state index in [4.69, 9.17) is 4.74 Å². The van der Waals surface area contributed by atoms with Crippen molar-refractivity contribution in [3.8, 4) is 0 Å². The molecule has 0 aliphatic heterocycles. The molecule has 0 radical (unpaired) electrons. The molecule has 1 heterocycles. The Labute approximate surface area is 117 Å². The first kappa shape index (κ1) is 14.1. The number of ether oxygens (including phenoxy) is 1. The summed E-state index contributed by atoms with van der Waals surface area (Å²) in [5, 5.41) is 3.60. The zero-order valence-electron chi connectivity index (χ0n) is 12.0. The molecule has 0 aliphatic carbocycles. The maximum Gasteiger partial charge on any atom is 0.337 e. The first-order chi connectivity index (χ1) is 9.31. The Bertz CT molecular complexity index is 665. The zero-order chi connectivity index (χ0) is 14.9. The number of amides is 1. The van der Waals surface area contributed by atoms with Crippen molar-refractivity contribution in [2.24, 2.45) is 0 Å². The van der Waals surface area contributed by atoms with E-state index in [1.54, 1.807) is 24.4 Å². The lowest BCUT2D eigenvalue weighted by Crippen LogP contribution is -2.40. The van der Waals surface area contributed by atoms with E-state index in [0.29, 0.717) is 16.5 Å². The fourth-order valence-corrected chi connectivity index (χ4v) is 1.96. The van der Waals surface area contributed by atoms with E-state index in [-0.39, 0.29) is 11.4 Å². The van der Waals surface area contributed by atoms with Gasteiger partial charge in [0.25, 0.3) is 5.91 Å². The number of aromatic amines is 1. The normalized spacial score (nSPS) is 11.4. The molecule has 0 unspecified atom stereocenters. The molecule has 1 amide bonds. The first-order valence-corrected chi connectivity index (χ1v) is 6.34. The fraction of sp³-hybridized carbons (Fsp3) is 0.333. The highest BCUT2D eigenvalue weighted by molar-refractivity contribution is 6.08. The third kappa shape index (κ3) is 2.82. The van der Waals surface area contributed by atoms with Gasteiger partial charge in [0.2, 0.25) is 0 Å². The van der Waals surface area contributed by atoms with Crippen LogP contribution in [-0.2, 0) is 4.74 Å². The number of nitrogens with one attached hydrogen (secondary N) is 2. The van der Waals surface area contributed by atoms with E-state index < -0.39 is 5.97 Å². The van der Waals surface area contributed by atoms with Gasteiger partial charge in [0.1, 0.15) is 0 Å². The van der Waals surface area contributed by atoms with Gasteiger partial charge in [-0.3, -0.25) is 4.79 Å². The van der Waals surface area contributed by atoms with Crippen LogP contribution in [0.2, 0.25) is 0 Å². The van der Waals surface area contributed by atoms with Crippen molar-refractivity contribution in [3.05, 3.63) is 35.5 Å². The van der Waals surface area contributed by atoms with E-state index in [9.17, 15) is 9.59 Å². The lowest BCUT2D eigenvalue weighted by Gasteiger charge is -2.20. The Hall–Kier alpha value is -2.30. The molecule has 0 bridgehead atoms. The number of carbonyl (C=O) groups is 2. The summed E-state index contributed by atoms with van der Waals surface area (Å²) in [4.78, 5) is 26.8. The molecule has 0 aliphatic rings. The number of benzene rings is 1. The second-order valence-electron chi connectivity index (χ2n) is 5.66. The van der Waals surface area contributed by atoms with Crippen molar-refractivity contribution in [1.82, 2.24) is 10.3 Å². The number of fused-ring (bicyclic) bond motifs is 1. The number of esters is 1. The van der Waals surface area contributed by atoms with Crippen LogP contribution in [0.25, 0.3) is 10.9 Å². The molecule has 106 valence electrons. The Morgan fingerprint density at radius 2 is 1.95 bits per heavy atom. The molecule has 0 atom stereocenters. The number of H-pyrrole nitrogens is 1. The topological polar surface area (TPSA) is 71.2 Å². The molecule has 20 heavy (non-hydrogen) atoms. The van der Waals surface area contributed by atoms with Crippen LogP contribution in [0, 0.1) is 0 Å². The number of aromatic nitrogens is 1. The van der Waals surface area contributed by atoms with Crippen molar-refractivity contribution in [2.45, 2.75) is 26.3 Å². The summed E-state index contributed by atoms with van der Waals surface area (Å²) in [5.74, 6) is -0.596. The van der Waals surface area contributed by atoms with Crippen LogP contribution in [0.15, 0.2) is 24.4 Å². The van der Waals surface area contributed by atoms with Gasteiger partial charge >= 0.3 is 5.97 Å². The summed E-state index contributed by atoms with van der Waals surface area (Å²) in [6, 6.07) is 5.08. The van der Waals surface area contributed by atoms with E-state index >= 15 is 0 Å². The van der Waals surface area contributed by atoms with Gasteiger partial charge in [-0.2, -0.15) is 0 Å². The molecule has 0 saturated heterocycles. The number of rotatable bonds is 2. The van der Waals surface area contributed by atoms with Crippen molar-refractivity contribution >= 4 is 22.8 Å². The summed E-state index contributed by atoms with van der Waals surface area (Å²) < 4.78 is 4.69. The van der Waals surface area contributed by atoms with Crippen molar-refractivity contribution in [3.63, 3.8) is 0 Å². The zero-order valence-corrected chi connectivity index (χ0v) is 12.0. The quantitative estimate of drug-likeness (QED) is 0.826. The van der Waals surface area contributed by atoms with E-state index in [2.05, 4.69) is 10.3 Å². The fourth-order valence-electron chi connectivity index (χ4n) is 1.96. The number of carbonyl (C=O) groups excluding carboxylic acids is 2. The van der Waals surface area contributed by atoms with Crippen LogP contribution in [-0.4, -0.2) is 29.5 Å². The third-order valence-corrected chi connectivity index (χ3v) is 2.84. The number of methoxy groups -OCH3 is 1. The summed E-state index contributed by atoms with van der Waals surface area (Å²) in [6.45, 7) is 5.75. The summed E-state index contributed by atoms with van der Waals surface area (Å²) in [6.07, 6.45) is 1.65. The van der Waals surface area contributed by atoms with Gasteiger partial charge in [-0.15, -0.1) is 0 Å². The second kappa shape index (κ2) is 5.00. The molecule has 1 aromatic carbocycles. The standard InChI is InChI=1S/C15H18N2O3/c1-15(2,3)17-13(18)11-8-16-12-6-5-9(7-10(11)12)14(19)20-4/h5-8,16H,1-4H3,(H,17,18). The molecule has 0 spiro atoms. The summed E-state index contributed by atoms with van der Waals surface area (Å²) in [7, 11) is 1.33. The van der Waals surface area contributed by atoms with Crippen LogP contribution >= 0.6 is 0 Å². The van der Waals surface area contributed by atoms with Crippen molar-refractivity contribution < 1.29 is 14.3 Å². The first-order valence-electron chi connectivity index (χ1n) is 6.34. The van der Waals surface area contributed by atoms with Crippen LogP contribution in [0.5, 0.6) is 0 Å². The van der Waals surface area contributed by atoms with Gasteiger partial charge in [0.05, 0.1) is 18.2 Å². The van der Waals surface area contributed by atoms with Crippen LogP contribution in [0.3, 0.4) is 0 Å². The molecule has 5 nitrogen and oxygen atoms in total. The van der Waals surface area contributed by atoms with E-state index in [1.165, 1.54) is 7.11 Å². The SMILES string of the molecule is COC(=O)c1ccc2[nH]cc(C(=O)NC(C)(C)C)c2c1. The maximum absolute atomic E-state index is 12.2. The summed E-state index contributed by atoms with van der Waals surface area (Å²) >= 11 is 0. The highest BCUT2D eigenvalue weighted by Crippen LogP contribution is 2.21. The molecule has 2 N–H and O–H groups in total. The van der Waals surface area contributed by atoms with Crippen LogP contribution in [0.1, 0.15) is 41.5 Å². The van der Waals surface area contributed by atoms with Crippen LogP contribution < -0.4 is 5.32 Å². The molecule has 0 fully saturated rings. The van der Waals surface area contributed by atoms with E-state index in [0.717, 1.165) is 5.52 Å². The van der Waals surface area contributed by atoms with Gasteiger partial charge in [-0.25, -0.2) is 4.79 Å². The lowest BCUT2D eigenvalue weighted by atomic mass is 10.1. The average Bonchev–Trinajstić information content (AvgIpc) is 2.78. The Kier molecular flexibility index (Phi) is 3.53. The smallest absolute Gasteiger partial charge is 0.337 e. The highest BCUT2D eigenvalue weighted by Gasteiger charge is 2.19. The molecule has 1 aromatic heterocycles. The monoisotopic (exact) mass is 274 g/mol. The van der Waals surface area contributed by atoms with E-state index in [1.807, 2.05) is 20.8 Å². The molecular formula is C15H18N2O3. The molecular weight excluding hydrogens is 256 g/mol. The number of hydrogen-bond donors (Lipinski definition) is 2. The van der Waals surface area contributed by atoms with Gasteiger partial charge < -0.3 is 15.0 Å². The minimum atomic E-state index is -0.421. The highest BCUT2D eigenvalue weighted by atomic mass is 16.5. The van der Waals surface area contributed by atoms with Gasteiger partial charge in [-0.05, 0) is 39.0 Å². The third-order valence-electron chi connectivity index (χ3n) is 2.84. The minimum Gasteiger partial charge on any atom is -0.465 e. The number of hydrogen-bond acceptors (Lipinski definition) is 3. The van der Waals surface area contributed by atoms with Crippen molar-refractivity contribution in [2.75, 3.05) is 7.11 Å². The molecule has 2 rings (SSSR count). The second-order valence-corrected chi connectivity index (χ2v) is 5.66. The maximum atomic E-state index is 12.2. The largest absolute Gasteiger partial charge is 0.465 e.